The molecule has 0 unspecified atom stereocenters. The number of hydrazone groups is 1. The van der Waals surface area contributed by atoms with Crippen molar-refractivity contribution in [3.63, 3.8) is 0 Å². The normalized spacial score (nSPS) is 13.0. The fraction of sp³-hybridized carbons (Fsp3) is 0.0952. The molecule has 0 atom stereocenters. The topological polar surface area (TPSA) is 58.9 Å². The van der Waals surface area contributed by atoms with Crippen molar-refractivity contribution in [1.29, 1.82) is 0 Å². The molecule has 0 saturated carbocycles. The average molecular weight is 342 g/mol. The molecule has 0 fully saturated rings. The molecule has 5 heteroatoms. The summed E-state index contributed by atoms with van der Waals surface area (Å²) in [5.74, 6) is 1.49. The van der Waals surface area contributed by atoms with E-state index in [1.165, 1.54) is 0 Å². The number of nitrogens with one attached hydrogen (secondary N) is 1. The van der Waals surface area contributed by atoms with Gasteiger partial charge in [-0.2, -0.15) is 5.10 Å². The van der Waals surface area contributed by atoms with Crippen LogP contribution in [-0.4, -0.2) is 23.6 Å². The van der Waals surface area contributed by atoms with E-state index < -0.39 is 0 Å². The van der Waals surface area contributed by atoms with Gasteiger partial charge in [-0.1, -0.05) is 11.6 Å². The summed E-state index contributed by atoms with van der Waals surface area (Å²) in [6, 6.07) is 17.9. The lowest BCUT2D eigenvalue weighted by Gasteiger charge is -2.09. The third-order valence-electron chi connectivity index (χ3n) is 4.21. The van der Waals surface area contributed by atoms with Crippen molar-refractivity contribution in [2.24, 2.45) is 10.1 Å². The Hall–Kier alpha value is -3.47. The van der Waals surface area contributed by atoms with E-state index in [0.29, 0.717) is 5.84 Å². The Balaban J connectivity index is 1.84. The maximum absolute atomic E-state index is 5.26. The maximum atomic E-state index is 5.26. The Labute approximate surface area is 152 Å². The van der Waals surface area contributed by atoms with Crippen LogP contribution in [0.25, 0.3) is 0 Å². The molecule has 0 saturated heterocycles. The first-order valence-electron chi connectivity index (χ1n) is 8.33. The summed E-state index contributed by atoms with van der Waals surface area (Å²) >= 11 is 0. The van der Waals surface area contributed by atoms with Crippen LogP contribution in [0.15, 0.2) is 77.1 Å². The second-order valence-corrected chi connectivity index (χ2v) is 6.02. The van der Waals surface area contributed by atoms with Crippen LogP contribution in [-0.2, 0) is 0 Å². The van der Waals surface area contributed by atoms with Crippen LogP contribution in [0.4, 0.5) is 5.69 Å². The third kappa shape index (κ3) is 3.07. The average Bonchev–Trinajstić information content (AvgIpc) is 2.88. The zero-order chi connectivity index (χ0) is 17.9. The van der Waals surface area contributed by atoms with Gasteiger partial charge in [-0.3, -0.25) is 10.4 Å². The van der Waals surface area contributed by atoms with Crippen LogP contribution < -0.4 is 10.2 Å². The monoisotopic (exact) mass is 342 g/mol. The standard InChI is InChI=1S/C21H18N4O/c1-14-5-10-19-18(12-14)20(15-6-8-17(26-2)9-7-15)24-25-21(23-19)16-4-3-11-22-13-16/h3-13H,1-2H3,(H,23,25). The second-order valence-electron chi connectivity index (χ2n) is 6.02. The molecule has 5 nitrogen and oxygen atoms in total. The van der Waals surface area contributed by atoms with E-state index in [1.54, 1.807) is 19.5 Å². The van der Waals surface area contributed by atoms with E-state index >= 15 is 0 Å². The summed E-state index contributed by atoms with van der Waals surface area (Å²) < 4.78 is 5.26. The zero-order valence-electron chi connectivity index (χ0n) is 14.6. The molecule has 3 aromatic rings. The van der Waals surface area contributed by atoms with E-state index in [4.69, 9.17) is 9.73 Å². The Morgan fingerprint density at radius 2 is 1.81 bits per heavy atom. The maximum Gasteiger partial charge on any atom is 0.155 e. The number of fused-ring (bicyclic) bond motifs is 1. The number of pyridine rings is 1. The number of methoxy groups -OCH3 is 1. The first-order valence-corrected chi connectivity index (χ1v) is 8.33. The molecule has 0 amide bonds. The van der Waals surface area contributed by atoms with Gasteiger partial charge in [0.1, 0.15) is 5.75 Å². The van der Waals surface area contributed by atoms with Gasteiger partial charge in [0.25, 0.3) is 0 Å². The minimum Gasteiger partial charge on any atom is -0.497 e. The van der Waals surface area contributed by atoms with E-state index in [1.807, 2.05) is 42.5 Å². The largest absolute Gasteiger partial charge is 0.497 e. The van der Waals surface area contributed by atoms with Gasteiger partial charge < -0.3 is 4.74 Å². The van der Waals surface area contributed by atoms with Crippen molar-refractivity contribution in [2.75, 3.05) is 7.11 Å². The number of rotatable bonds is 3. The Morgan fingerprint density at radius 3 is 2.54 bits per heavy atom. The second kappa shape index (κ2) is 6.80. The molecule has 0 radical (unpaired) electrons. The first-order chi connectivity index (χ1) is 12.7. The molecule has 1 aliphatic heterocycles. The zero-order valence-corrected chi connectivity index (χ0v) is 14.6. The number of benzene rings is 2. The minimum absolute atomic E-state index is 0.673. The number of aryl methyl sites for hydroxylation is 1. The molecular formula is C21H18N4O. The SMILES string of the molecule is COc1ccc(C2=NNC(c3cccnc3)=Nc3ccc(C)cc32)cc1. The fourth-order valence-corrected chi connectivity index (χ4v) is 2.85. The fourth-order valence-electron chi connectivity index (χ4n) is 2.85. The molecule has 128 valence electrons. The number of ether oxygens (including phenoxy) is 1. The molecule has 2 aromatic carbocycles. The molecule has 1 aromatic heterocycles. The smallest absolute Gasteiger partial charge is 0.155 e. The summed E-state index contributed by atoms with van der Waals surface area (Å²) in [6.45, 7) is 2.07. The number of aliphatic imine (C=N–C) groups is 1. The number of nitrogens with zero attached hydrogens (tertiary/aromatic N) is 3. The van der Waals surface area contributed by atoms with Crippen LogP contribution in [0, 0.1) is 6.92 Å². The summed E-state index contributed by atoms with van der Waals surface area (Å²) in [6.07, 6.45) is 3.51. The summed E-state index contributed by atoms with van der Waals surface area (Å²) in [5.41, 5.74) is 8.85. The molecule has 0 aliphatic carbocycles. The van der Waals surface area contributed by atoms with Crippen LogP contribution >= 0.6 is 0 Å². The molecule has 26 heavy (non-hydrogen) atoms. The Bertz CT molecular complexity index is 992. The van der Waals surface area contributed by atoms with Crippen LogP contribution in [0.2, 0.25) is 0 Å². The highest BCUT2D eigenvalue weighted by Gasteiger charge is 2.17. The van der Waals surface area contributed by atoms with Crippen molar-refractivity contribution in [2.45, 2.75) is 6.92 Å². The van der Waals surface area contributed by atoms with E-state index in [-0.39, 0.29) is 0 Å². The van der Waals surface area contributed by atoms with Crippen LogP contribution in [0.5, 0.6) is 5.75 Å². The van der Waals surface area contributed by atoms with Gasteiger partial charge in [0.15, 0.2) is 5.84 Å². The Morgan fingerprint density at radius 1 is 0.962 bits per heavy atom. The lowest BCUT2D eigenvalue weighted by Crippen LogP contribution is -2.19. The number of hydrogen-bond acceptors (Lipinski definition) is 5. The van der Waals surface area contributed by atoms with Gasteiger partial charge in [-0.25, -0.2) is 4.99 Å². The van der Waals surface area contributed by atoms with Gasteiger partial charge in [0.05, 0.1) is 18.5 Å². The lowest BCUT2D eigenvalue weighted by atomic mass is 9.99. The highest BCUT2D eigenvalue weighted by Crippen LogP contribution is 2.27. The number of hydrogen-bond donors (Lipinski definition) is 1. The van der Waals surface area contributed by atoms with Crippen molar-refractivity contribution >= 4 is 17.2 Å². The third-order valence-corrected chi connectivity index (χ3v) is 4.21. The van der Waals surface area contributed by atoms with E-state index in [0.717, 1.165) is 39.4 Å². The highest BCUT2D eigenvalue weighted by molar-refractivity contribution is 6.18. The van der Waals surface area contributed by atoms with Gasteiger partial charge in [0.2, 0.25) is 0 Å². The van der Waals surface area contributed by atoms with Crippen LogP contribution in [0.3, 0.4) is 0 Å². The van der Waals surface area contributed by atoms with Gasteiger partial charge >= 0.3 is 0 Å². The summed E-state index contributed by atoms with van der Waals surface area (Å²) in [4.78, 5) is 8.96. The van der Waals surface area contributed by atoms with Crippen molar-refractivity contribution in [1.82, 2.24) is 10.4 Å². The highest BCUT2D eigenvalue weighted by atomic mass is 16.5. The molecule has 4 rings (SSSR count). The molecule has 2 heterocycles. The molecule has 0 bridgehead atoms. The van der Waals surface area contributed by atoms with Crippen molar-refractivity contribution < 1.29 is 4.74 Å². The summed E-state index contributed by atoms with van der Waals surface area (Å²) in [7, 11) is 1.66. The molecule has 1 aliphatic rings. The minimum atomic E-state index is 0.673. The van der Waals surface area contributed by atoms with Gasteiger partial charge in [-0.15, -0.1) is 0 Å². The number of amidine groups is 1. The molecule has 1 N–H and O–H groups in total. The predicted octanol–water partition coefficient (Wildman–Crippen LogP) is 3.83. The van der Waals surface area contributed by atoms with E-state index in [9.17, 15) is 0 Å². The van der Waals surface area contributed by atoms with Crippen molar-refractivity contribution in [3.8, 4) is 5.75 Å². The summed E-state index contributed by atoms with van der Waals surface area (Å²) in [5, 5.41) is 4.66. The quantitative estimate of drug-likeness (QED) is 0.787. The number of aromatic nitrogens is 1. The molecule has 0 spiro atoms. The van der Waals surface area contributed by atoms with Crippen LogP contribution in [0.1, 0.15) is 22.3 Å². The Kier molecular flexibility index (Phi) is 4.19. The lowest BCUT2D eigenvalue weighted by molar-refractivity contribution is 0.415. The first kappa shape index (κ1) is 16.0. The predicted molar refractivity (Wildman–Crippen MR) is 103 cm³/mol. The van der Waals surface area contributed by atoms with E-state index in [2.05, 4.69) is 34.6 Å². The molecular weight excluding hydrogens is 324 g/mol. The van der Waals surface area contributed by atoms with Gasteiger partial charge in [0, 0.05) is 29.1 Å². The van der Waals surface area contributed by atoms with Gasteiger partial charge in [-0.05, 0) is 55.5 Å². The van der Waals surface area contributed by atoms with Crippen molar-refractivity contribution in [3.05, 3.63) is 89.2 Å².